The van der Waals surface area contributed by atoms with Crippen LogP contribution in [0.4, 0.5) is 5.69 Å². The largest absolute Gasteiger partial charge is 0.341 e. The van der Waals surface area contributed by atoms with E-state index in [-0.39, 0.29) is 5.82 Å². The minimum Gasteiger partial charge on any atom is -0.317 e. The van der Waals surface area contributed by atoms with Crippen molar-refractivity contribution in [3.05, 3.63) is 52.8 Å². The molecule has 0 fully saturated rings. The van der Waals surface area contributed by atoms with Crippen LogP contribution in [0.3, 0.4) is 0 Å². The van der Waals surface area contributed by atoms with E-state index >= 15 is 0 Å². The van der Waals surface area contributed by atoms with Crippen molar-refractivity contribution in [2.45, 2.75) is 0 Å². The van der Waals surface area contributed by atoms with Crippen LogP contribution in [0, 0.1) is 0 Å². The van der Waals surface area contributed by atoms with Gasteiger partial charge in [-0.15, -0.1) is 5.10 Å². The van der Waals surface area contributed by atoms with Crippen LogP contribution in [0.15, 0.2) is 41.3 Å². The van der Waals surface area contributed by atoms with Gasteiger partial charge in [0.2, 0.25) is 5.82 Å². The first kappa shape index (κ1) is 11.1. The van der Waals surface area contributed by atoms with Gasteiger partial charge in [-0.25, -0.2) is 9.89 Å². The number of pyridine rings is 1. The number of H-pyrrole nitrogens is 2. The zero-order valence-corrected chi connectivity index (χ0v) is 9.68. The molecule has 1 amide bonds. The summed E-state index contributed by atoms with van der Waals surface area (Å²) in [6, 6.07) is 9.16. The Hall–Kier alpha value is -2.96. The monoisotopic (exact) mass is 255 g/mol. The minimum absolute atomic E-state index is 0.0714. The molecule has 94 valence electrons. The van der Waals surface area contributed by atoms with Crippen LogP contribution in [-0.2, 0) is 0 Å². The van der Waals surface area contributed by atoms with Crippen LogP contribution in [-0.4, -0.2) is 26.1 Å². The van der Waals surface area contributed by atoms with Crippen molar-refractivity contribution in [1.82, 2.24) is 20.2 Å². The molecule has 0 aliphatic heterocycles. The number of aromatic amines is 2. The van der Waals surface area contributed by atoms with E-state index in [2.05, 4.69) is 25.5 Å². The van der Waals surface area contributed by atoms with Crippen molar-refractivity contribution in [3.8, 4) is 0 Å². The Balaban J connectivity index is 1.97. The molecule has 0 spiro atoms. The molecule has 0 aliphatic carbocycles. The number of hydrogen-bond donors (Lipinski definition) is 3. The van der Waals surface area contributed by atoms with Crippen LogP contribution in [0.25, 0.3) is 10.9 Å². The molecule has 2 aromatic heterocycles. The molecule has 3 rings (SSSR count). The summed E-state index contributed by atoms with van der Waals surface area (Å²) in [6.07, 6.45) is 1.65. The van der Waals surface area contributed by atoms with Crippen LogP contribution < -0.4 is 11.0 Å². The summed E-state index contributed by atoms with van der Waals surface area (Å²) in [5.41, 5.74) is 0.712. The molecule has 0 radical (unpaired) electrons. The smallest absolute Gasteiger partial charge is 0.317 e. The third kappa shape index (κ3) is 2.08. The first-order valence-electron chi connectivity index (χ1n) is 5.54. The minimum atomic E-state index is -0.527. The van der Waals surface area contributed by atoms with Gasteiger partial charge in [0.05, 0.1) is 11.2 Å². The number of rotatable bonds is 2. The molecule has 0 saturated heterocycles. The highest BCUT2D eigenvalue weighted by Gasteiger charge is 2.12. The highest BCUT2D eigenvalue weighted by molar-refractivity contribution is 6.06. The SMILES string of the molecule is O=C(Nc1cccc2cccnc12)c1n[nH]c(=O)[nH]1. The number of carbonyl (C=O) groups is 1. The highest BCUT2D eigenvalue weighted by Crippen LogP contribution is 2.20. The predicted octanol–water partition coefficient (Wildman–Crippen LogP) is 0.898. The fourth-order valence-corrected chi connectivity index (χ4v) is 1.76. The summed E-state index contributed by atoms with van der Waals surface area (Å²) < 4.78 is 0. The van der Waals surface area contributed by atoms with E-state index in [1.165, 1.54) is 0 Å². The van der Waals surface area contributed by atoms with Crippen molar-refractivity contribution < 1.29 is 4.79 Å². The number of benzene rings is 1. The zero-order valence-electron chi connectivity index (χ0n) is 9.68. The van der Waals surface area contributed by atoms with E-state index in [1.54, 1.807) is 12.3 Å². The first-order valence-corrected chi connectivity index (χ1v) is 5.54. The Kier molecular flexibility index (Phi) is 2.57. The van der Waals surface area contributed by atoms with Crippen molar-refractivity contribution in [1.29, 1.82) is 0 Å². The summed E-state index contributed by atoms with van der Waals surface area (Å²) in [4.78, 5) is 29.3. The molecule has 1 aromatic carbocycles. The molecule has 0 aliphatic rings. The van der Waals surface area contributed by atoms with Gasteiger partial charge in [0, 0.05) is 11.6 Å². The Morgan fingerprint density at radius 2 is 2.05 bits per heavy atom. The zero-order chi connectivity index (χ0) is 13.2. The fraction of sp³-hybridized carbons (Fsp3) is 0. The number of nitrogens with zero attached hydrogens (tertiary/aromatic N) is 2. The van der Waals surface area contributed by atoms with Gasteiger partial charge in [-0.1, -0.05) is 18.2 Å². The van der Waals surface area contributed by atoms with E-state index in [4.69, 9.17) is 0 Å². The van der Waals surface area contributed by atoms with Crippen molar-refractivity contribution in [2.75, 3.05) is 5.32 Å². The summed E-state index contributed by atoms with van der Waals surface area (Å²) in [6.45, 7) is 0. The second-order valence-electron chi connectivity index (χ2n) is 3.86. The molecule has 2 heterocycles. The normalized spacial score (nSPS) is 10.5. The van der Waals surface area contributed by atoms with Crippen molar-refractivity contribution in [3.63, 3.8) is 0 Å². The van der Waals surface area contributed by atoms with Gasteiger partial charge >= 0.3 is 5.69 Å². The van der Waals surface area contributed by atoms with E-state index in [0.717, 1.165) is 5.39 Å². The van der Waals surface area contributed by atoms with Gasteiger partial charge < -0.3 is 5.32 Å². The van der Waals surface area contributed by atoms with Crippen molar-refractivity contribution in [2.24, 2.45) is 0 Å². The summed E-state index contributed by atoms with van der Waals surface area (Å²) >= 11 is 0. The van der Waals surface area contributed by atoms with Gasteiger partial charge in [-0.05, 0) is 12.1 Å². The average Bonchev–Trinajstić information content (AvgIpc) is 2.86. The number of para-hydroxylation sites is 1. The summed E-state index contributed by atoms with van der Waals surface area (Å²) in [7, 11) is 0. The molecular weight excluding hydrogens is 246 g/mol. The molecule has 3 N–H and O–H groups in total. The standard InChI is InChI=1S/C12H9N5O2/c18-11(10-15-12(19)17-16-10)14-8-5-1-3-7-4-2-6-13-9(7)8/h1-6H,(H,14,18)(H2,15,16,17,19). The Morgan fingerprint density at radius 3 is 2.84 bits per heavy atom. The number of nitrogens with one attached hydrogen (secondary N) is 3. The lowest BCUT2D eigenvalue weighted by Gasteiger charge is -2.05. The van der Waals surface area contributed by atoms with Crippen LogP contribution in [0.1, 0.15) is 10.6 Å². The molecular formula is C12H9N5O2. The number of hydrogen-bond acceptors (Lipinski definition) is 4. The van der Waals surface area contributed by atoms with E-state index < -0.39 is 11.6 Å². The molecule has 0 unspecified atom stereocenters. The first-order chi connectivity index (χ1) is 9.24. The summed E-state index contributed by atoms with van der Waals surface area (Å²) in [5, 5.41) is 9.27. The van der Waals surface area contributed by atoms with Gasteiger partial charge in [0.1, 0.15) is 0 Å². The van der Waals surface area contributed by atoms with Crippen LogP contribution in [0.5, 0.6) is 0 Å². The second-order valence-corrected chi connectivity index (χ2v) is 3.86. The fourth-order valence-electron chi connectivity index (χ4n) is 1.76. The number of fused-ring (bicyclic) bond motifs is 1. The number of carbonyl (C=O) groups excluding carboxylic acids is 1. The molecule has 7 heteroatoms. The Morgan fingerprint density at radius 1 is 1.21 bits per heavy atom. The molecule has 7 nitrogen and oxygen atoms in total. The number of amides is 1. The van der Waals surface area contributed by atoms with Gasteiger partial charge in [0.15, 0.2) is 0 Å². The lowest BCUT2D eigenvalue weighted by atomic mass is 10.2. The van der Waals surface area contributed by atoms with Crippen LogP contribution in [0.2, 0.25) is 0 Å². The lowest BCUT2D eigenvalue weighted by Crippen LogP contribution is -2.15. The maximum Gasteiger partial charge on any atom is 0.341 e. The predicted molar refractivity (Wildman–Crippen MR) is 68.9 cm³/mol. The maximum atomic E-state index is 11.9. The third-order valence-corrected chi connectivity index (χ3v) is 2.60. The summed E-state index contributed by atoms with van der Waals surface area (Å²) in [5.74, 6) is -0.575. The highest BCUT2D eigenvalue weighted by atomic mass is 16.2. The second kappa shape index (κ2) is 4.37. The average molecular weight is 255 g/mol. The van der Waals surface area contributed by atoms with Gasteiger partial charge in [0.25, 0.3) is 5.91 Å². The quantitative estimate of drug-likeness (QED) is 0.632. The van der Waals surface area contributed by atoms with E-state index in [1.807, 2.05) is 24.3 Å². The molecule has 3 aromatic rings. The number of anilines is 1. The molecule has 19 heavy (non-hydrogen) atoms. The molecule has 0 atom stereocenters. The van der Waals surface area contributed by atoms with Gasteiger partial charge in [-0.3, -0.25) is 14.8 Å². The Bertz CT molecular complexity index is 799. The lowest BCUT2D eigenvalue weighted by molar-refractivity contribution is 0.101. The topological polar surface area (TPSA) is 104 Å². The van der Waals surface area contributed by atoms with Crippen molar-refractivity contribution >= 4 is 22.5 Å². The third-order valence-electron chi connectivity index (χ3n) is 2.60. The number of aromatic nitrogens is 4. The maximum absolute atomic E-state index is 11.9. The Labute approximate surface area is 106 Å². The molecule has 0 bridgehead atoms. The van der Waals surface area contributed by atoms with E-state index in [0.29, 0.717) is 11.2 Å². The van der Waals surface area contributed by atoms with Gasteiger partial charge in [-0.2, -0.15) is 0 Å². The molecule has 0 saturated carbocycles. The van der Waals surface area contributed by atoms with E-state index in [9.17, 15) is 9.59 Å². The van der Waals surface area contributed by atoms with Crippen LogP contribution >= 0.6 is 0 Å².